The molecular weight excluding hydrogens is 376 g/mol. The minimum absolute atomic E-state index is 0.00788. The van der Waals surface area contributed by atoms with Crippen molar-refractivity contribution in [1.82, 2.24) is 0 Å². The van der Waals surface area contributed by atoms with Gasteiger partial charge in [-0.05, 0) is 42.7 Å². The van der Waals surface area contributed by atoms with Gasteiger partial charge in [0.15, 0.2) is 0 Å². The van der Waals surface area contributed by atoms with E-state index in [1.807, 2.05) is 26.0 Å². The second-order valence-corrected chi connectivity index (χ2v) is 8.91. The lowest BCUT2D eigenvalue weighted by atomic mass is 9.81. The Bertz CT molecular complexity index is 653. The second kappa shape index (κ2) is 10.4. The number of halogens is 1. The number of hydrogen-bond acceptors (Lipinski definition) is 4. The number of allylic oxidation sites excluding steroid dienone is 2. The predicted octanol–water partition coefficient (Wildman–Crippen LogP) is 4.32. The summed E-state index contributed by atoms with van der Waals surface area (Å²) < 4.78 is 4.64. The van der Waals surface area contributed by atoms with Crippen molar-refractivity contribution < 1.29 is 19.7 Å². The van der Waals surface area contributed by atoms with Gasteiger partial charge in [-0.1, -0.05) is 50.3 Å². The number of ether oxygens (including phenoxy) is 1. The molecule has 0 heterocycles. The number of methoxy groups -OCH3 is 1. The molecule has 1 saturated carbocycles. The number of alkyl halides is 1. The Balaban J connectivity index is 2.00. The van der Waals surface area contributed by atoms with Crippen molar-refractivity contribution in [2.45, 2.75) is 68.8 Å². The summed E-state index contributed by atoms with van der Waals surface area (Å²) in [6.45, 7) is 4.11. The van der Waals surface area contributed by atoms with E-state index in [9.17, 15) is 15.0 Å². The molecule has 1 aliphatic carbocycles. The van der Waals surface area contributed by atoms with Crippen LogP contribution in [0.25, 0.3) is 0 Å². The highest BCUT2D eigenvalue weighted by Crippen LogP contribution is 2.45. The van der Waals surface area contributed by atoms with Gasteiger partial charge in [-0.15, -0.1) is 11.6 Å². The van der Waals surface area contributed by atoms with Crippen LogP contribution >= 0.6 is 11.6 Å². The average Bonchev–Trinajstić information content (AvgIpc) is 2.97. The highest BCUT2D eigenvalue weighted by molar-refractivity contribution is 6.21. The molecule has 1 aromatic carbocycles. The Morgan fingerprint density at radius 1 is 1.29 bits per heavy atom. The summed E-state index contributed by atoms with van der Waals surface area (Å²) in [5.74, 6) is -0.000224. The maximum atomic E-state index is 11.1. The number of rotatable bonds is 9. The fraction of sp³-hybridized carbons (Fsp3) is 0.609. The summed E-state index contributed by atoms with van der Waals surface area (Å²) >= 11 is 6.56. The molecule has 2 N–H and O–H groups in total. The Morgan fingerprint density at radius 3 is 2.57 bits per heavy atom. The molecule has 4 unspecified atom stereocenters. The highest BCUT2D eigenvalue weighted by atomic mass is 35.5. The molecule has 1 aromatic rings. The molecule has 2 rings (SSSR count). The van der Waals surface area contributed by atoms with Gasteiger partial charge in [0, 0.05) is 23.1 Å². The van der Waals surface area contributed by atoms with Crippen LogP contribution in [-0.4, -0.2) is 41.4 Å². The maximum absolute atomic E-state index is 11.1. The standard InChI is InChI=1S/C23H33ClO4/c1-23(2,15-25)17-12-10-16(11-13-17)22-18(19(24)14-20(22)26)8-6-4-5-7-9-21(27)28-3/h4,6,10-13,18-20,22,25-26H,5,7-9,14-15H2,1-3H3/b6-4-. The van der Waals surface area contributed by atoms with E-state index in [0.29, 0.717) is 12.8 Å². The normalized spacial score (nSPS) is 25.4. The molecule has 0 radical (unpaired) electrons. The van der Waals surface area contributed by atoms with Gasteiger partial charge in [-0.3, -0.25) is 4.79 Å². The molecule has 1 fully saturated rings. The van der Waals surface area contributed by atoms with Crippen LogP contribution in [0.2, 0.25) is 0 Å². The van der Waals surface area contributed by atoms with Gasteiger partial charge in [0.1, 0.15) is 0 Å². The Hall–Kier alpha value is -1.36. The topological polar surface area (TPSA) is 66.8 Å². The zero-order valence-electron chi connectivity index (χ0n) is 17.1. The Morgan fingerprint density at radius 2 is 1.96 bits per heavy atom. The van der Waals surface area contributed by atoms with E-state index in [4.69, 9.17) is 11.6 Å². The first-order valence-corrected chi connectivity index (χ1v) is 10.5. The average molecular weight is 409 g/mol. The SMILES string of the molecule is COC(=O)CCC/C=C\CC1C(Cl)CC(O)C1c1ccc(C(C)(C)CO)cc1. The van der Waals surface area contributed by atoms with E-state index >= 15 is 0 Å². The number of hydrogen-bond donors (Lipinski definition) is 2. The highest BCUT2D eigenvalue weighted by Gasteiger charge is 2.41. The molecule has 156 valence electrons. The molecule has 4 atom stereocenters. The first kappa shape index (κ1) is 22.9. The summed E-state index contributed by atoms with van der Waals surface area (Å²) in [7, 11) is 1.40. The number of unbranched alkanes of at least 4 members (excludes halogenated alkanes) is 1. The number of carbonyl (C=O) groups is 1. The minimum atomic E-state index is -0.447. The van der Waals surface area contributed by atoms with Crippen molar-refractivity contribution in [1.29, 1.82) is 0 Å². The molecule has 4 nitrogen and oxygen atoms in total. The summed E-state index contributed by atoms with van der Waals surface area (Å²) in [4.78, 5) is 11.1. The molecule has 28 heavy (non-hydrogen) atoms. The van der Waals surface area contributed by atoms with Gasteiger partial charge in [-0.25, -0.2) is 0 Å². The lowest BCUT2D eigenvalue weighted by Gasteiger charge is -2.26. The van der Waals surface area contributed by atoms with Gasteiger partial charge in [-0.2, -0.15) is 0 Å². The summed E-state index contributed by atoms with van der Waals surface area (Å²) in [5.41, 5.74) is 1.89. The van der Waals surface area contributed by atoms with Crippen LogP contribution in [0.4, 0.5) is 0 Å². The van der Waals surface area contributed by atoms with Crippen molar-refractivity contribution in [3.63, 3.8) is 0 Å². The molecule has 0 spiro atoms. The Labute approximate surface area is 173 Å². The molecule has 0 amide bonds. The van der Waals surface area contributed by atoms with Crippen molar-refractivity contribution in [3.05, 3.63) is 47.5 Å². The van der Waals surface area contributed by atoms with Gasteiger partial charge >= 0.3 is 5.97 Å². The van der Waals surface area contributed by atoms with Crippen LogP contribution in [0.1, 0.15) is 63.0 Å². The molecule has 1 aliphatic rings. The van der Waals surface area contributed by atoms with E-state index < -0.39 is 6.10 Å². The van der Waals surface area contributed by atoms with E-state index in [1.54, 1.807) is 0 Å². The monoisotopic (exact) mass is 408 g/mol. The summed E-state index contributed by atoms with van der Waals surface area (Å²) in [5, 5.41) is 20.1. The summed E-state index contributed by atoms with van der Waals surface area (Å²) in [6, 6.07) is 8.20. The number of benzene rings is 1. The van der Waals surface area contributed by atoms with E-state index in [0.717, 1.165) is 30.4 Å². The number of carbonyl (C=O) groups excluding carboxylic acids is 1. The zero-order valence-corrected chi connectivity index (χ0v) is 17.9. The van der Waals surface area contributed by atoms with E-state index in [-0.39, 0.29) is 35.2 Å². The fourth-order valence-corrected chi connectivity index (χ4v) is 4.35. The lowest BCUT2D eigenvalue weighted by molar-refractivity contribution is -0.140. The summed E-state index contributed by atoms with van der Waals surface area (Å²) in [6.07, 6.45) is 7.18. The number of esters is 1. The molecule has 5 heteroatoms. The molecule has 0 bridgehead atoms. The third-order valence-corrected chi connectivity index (χ3v) is 6.34. The third-order valence-electron chi connectivity index (χ3n) is 5.83. The molecular formula is C23H33ClO4. The largest absolute Gasteiger partial charge is 0.469 e. The van der Waals surface area contributed by atoms with Crippen LogP contribution in [0.15, 0.2) is 36.4 Å². The van der Waals surface area contributed by atoms with Crippen molar-refractivity contribution >= 4 is 17.6 Å². The van der Waals surface area contributed by atoms with Crippen molar-refractivity contribution in [2.75, 3.05) is 13.7 Å². The van der Waals surface area contributed by atoms with Gasteiger partial charge in [0.25, 0.3) is 0 Å². The lowest BCUT2D eigenvalue weighted by Crippen LogP contribution is -2.22. The van der Waals surface area contributed by atoms with E-state index in [1.165, 1.54) is 7.11 Å². The number of aliphatic hydroxyl groups is 2. The second-order valence-electron chi connectivity index (χ2n) is 8.35. The first-order chi connectivity index (χ1) is 13.3. The predicted molar refractivity (Wildman–Crippen MR) is 113 cm³/mol. The van der Waals surface area contributed by atoms with Gasteiger partial charge in [0.2, 0.25) is 0 Å². The third kappa shape index (κ3) is 5.82. The Kier molecular flexibility index (Phi) is 8.54. The molecule has 0 aliphatic heterocycles. The fourth-order valence-electron chi connectivity index (χ4n) is 3.91. The van der Waals surface area contributed by atoms with Crippen LogP contribution in [0.3, 0.4) is 0 Å². The number of aliphatic hydroxyl groups excluding tert-OH is 2. The van der Waals surface area contributed by atoms with Crippen LogP contribution in [0, 0.1) is 5.92 Å². The molecule has 0 aromatic heterocycles. The quantitative estimate of drug-likeness (QED) is 0.276. The smallest absolute Gasteiger partial charge is 0.305 e. The van der Waals surface area contributed by atoms with Crippen molar-refractivity contribution in [2.24, 2.45) is 5.92 Å². The van der Waals surface area contributed by atoms with Gasteiger partial charge < -0.3 is 14.9 Å². The van der Waals surface area contributed by atoms with Gasteiger partial charge in [0.05, 0.1) is 19.8 Å². The van der Waals surface area contributed by atoms with E-state index in [2.05, 4.69) is 29.0 Å². The zero-order chi connectivity index (χ0) is 20.7. The van der Waals surface area contributed by atoms with Crippen LogP contribution < -0.4 is 0 Å². The molecule has 0 saturated heterocycles. The van der Waals surface area contributed by atoms with Crippen LogP contribution in [0.5, 0.6) is 0 Å². The minimum Gasteiger partial charge on any atom is -0.469 e. The first-order valence-electron chi connectivity index (χ1n) is 10.1. The van der Waals surface area contributed by atoms with Crippen molar-refractivity contribution in [3.8, 4) is 0 Å². The van der Waals surface area contributed by atoms with Crippen LogP contribution in [-0.2, 0) is 14.9 Å². The maximum Gasteiger partial charge on any atom is 0.305 e.